The SMILES string of the molecule is Cc1nn(Cc2c(Cl)cccc2Cl)c(Cl)c1/C=N/NC(=O)c1ccncc1. The molecule has 1 N–H and O–H groups in total. The molecule has 9 heteroatoms. The number of amides is 1. The fourth-order valence-corrected chi connectivity index (χ4v) is 3.18. The van der Waals surface area contributed by atoms with Gasteiger partial charge in [-0.2, -0.15) is 10.2 Å². The van der Waals surface area contributed by atoms with E-state index in [2.05, 4.69) is 20.6 Å². The smallest absolute Gasteiger partial charge is 0.267 e. The minimum atomic E-state index is -0.349. The van der Waals surface area contributed by atoms with Crippen LogP contribution in [0.5, 0.6) is 0 Å². The highest BCUT2D eigenvalue weighted by atomic mass is 35.5. The molecular formula is C18H14Cl3N5O. The number of hydrogen-bond donors (Lipinski definition) is 1. The van der Waals surface area contributed by atoms with Crippen molar-refractivity contribution in [3.8, 4) is 0 Å². The monoisotopic (exact) mass is 421 g/mol. The van der Waals surface area contributed by atoms with Crippen LogP contribution in [0.3, 0.4) is 0 Å². The van der Waals surface area contributed by atoms with Crippen molar-refractivity contribution in [2.45, 2.75) is 13.5 Å². The lowest BCUT2D eigenvalue weighted by Crippen LogP contribution is -2.17. The Morgan fingerprint density at radius 2 is 1.85 bits per heavy atom. The first-order chi connectivity index (χ1) is 13.0. The van der Waals surface area contributed by atoms with E-state index >= 15 is 0 Å². The predicted octanol–water partition coefficient (Wildman–Crippen LogP) is 4.36. The van der Waals surface area contributed by atoms with Crippen molar-refractivity contribution < 1.29 is 4.79 Å². The summed E-state index contributed by atoms with van der Waals surface area (Å²) in [7, 11) is 0. The zero-order valence-electron chi connectivity index (χ0n) is 14.2. The number of nitrogens with one attached hydrogen (secondary N) is 1. The van der Waals surface area contributed by atoms with Crippen molar-refractivity contribution in [2.24, 2.45) is 5.10 Å². The molecule has 0 spiro atoms. The molecule has 0 radical (unpaired) electrons. The summed E-state index contributed by atoms with van der Waals surface area (Å²) in [6.07, 6.45) is 4.52. The van der Waals surface area contributed by atoms with Crippen molar-refractivity contribution in [1.29, 1.82) is 0 Å². The Kier molecular flexibility index (Phi) is 6.11. The van der Waals surface area contributed by atoms with Crippen LogP contribution in [-0.4, -0.2) is 26.9 Å². The average molecular weight is 423 g/mol. The molecule has 1 amide bonds. The van der Waals surface area contributed by atoms with Gasteiger partial charge in [0.25, 0.3) is 5.91 Å². The number of nitrogens with zero attached hydrogens (tertiary/aromatic N) is 4. The maximum atomic E-state index is 12.0. The topological polar surface area (TPSA) is 72.2 Å². The van der Waals surface area contributed by atoms with Crippen molar-refractivity contribution in [3.63, 3.8) is 0 Å². The predicted molar refractivity (Wildman–Crippen MR) is 107 cm³/mol. The Morgan fingerprint density at radius 3 is 2.52 bits per heavy atom. The molecule has 0 aliphatic heterocycles. The molecule has 2 aromatic heterocycles. The number of halogens is 3. The number of hydrazone groups is 1. The van der Waals surface area contributed by atoms with Gasteiger partial charge in [-0.3, -0.25) is 9.78 Å². The number of carbonyl (C=O) groups excluding carboxylic acids is 1. The summed E-state index contributed by atoms with van der Waals surface area (Å²) in [6.45, 7) is 2.11. The van der Waals surface area contributed by atoms with Gasteiger partial charge < -0.3 is 0 Å². The van der Waals surface area contributed by atoms with E-state index in [1.807, 2.05) is 0 Å². The molecule has 0 bridgehead atoms. The van der Waals surface area contributed by atoms with Gasteiger partial charge in [-0.1, -0.05) is 40.9 Å². The first-order valence-corrected chi connectivity index (χ1v) is 9.00. The summed E-state index contributed by atoms with van der Waals surface area (Å²) in [6, 6.07) is 8.46. The van der Waals surface area contributed by atoms with Crippen LogP contribution in [0.4, 0.5) is 0 Å². The van der Waals surface area contributed by atoms with Crippen molar-refractivity contribution in [1.82, 2.24) is 20.2 Å². The molecule has 0 unspecified atom stereocenters. The van der Waals surface area contributed by atoms with Crippen LogP contribution in [0.2, 0.25) is 15.2 Å². The molecule has 2 heterocycles. The second-order valence-corrected chi connectivity index (χ2v) is 6.76. The lowest BCUT2D eigenvalue weighted by molar-refractivity contribution is 0.0955. The summed E-state index contributed by atoms with van der Waals surface area (Å²) in [5.41, 5.74) is 4.87. The van der Waals surface area contributed by atoms with E-state index in [4.69, 9.17) is 34.8 Å². The van der Waals surface area contributed by atoms with E-state index in [-0.39, 0.29) is 5.91 Å². The Bertz CT molecular complexity index is 981. The van der Waals surface area contributed by atoms with Crippen LogP contribution in [0, 0.1) is 6.92 Å². The van der Waals surface area contributed by atoms with Gasteiger partial charge in [0.2, 0.25) is 0 Å². The lowest BCUT2D eigenvalue weighted by Gasteiger charge is -2.08. The van der Waals surface area contributed by atoms with Gasteiger partial charge in [-0.15, -0.1) is 0 Å². The third kappa shape index (κ3) is 4.47. The molecule has 0 fully saturated rings. The molecule has 3 aromatic rings. The summed E-state index contributed by atoms with van der Waals surface area (Å²) in [5.74, 6) is -0.349. The number of rotatable bonds is 5. The molecule has 138 valence electrons. The summed E-state index contributed by atoms with van der Waals surface area (Å²) in [5, 5.41) is 9.79. The molecule has 1 aromatic carbocycles. The molecule has 27 heavy (non-hydrogen) atoms. The maximum Gasteiger partial charge on any atom is 0.271 e. The maximum absolute atomic E-state index is 12.0. The molecule has 6 nitrogen and oxygen atoms in total. The van der Waals surface area contributed by atoms with Gasteiger partial charge in [0.1, 0.15) is 5.15 Å². The first-order valence-electron chi connectivity index (χ1n) is 7.86. The number of hydrogen-bond acceptors (Lipinski definition) is 4. The molecule has 0 aliphatic rings. The Labute approximate surface area is 170 Å². The number of carbonyl (C=O) groups is 1. The van der Waals surface area contributed by atoms with Crippen molar-refractivity contribution in [2.75, 3.05) is 0 Å². The first kappa shape index (κ1) is 19.4. The summed E-state index contributed by atoms with van der Waals surface area (Å²) < 4.78 is 1.58. The van der Waals surface area contributed by atoms with Gasteiger partial charge in [0, 0.05) is 33.6 Å². The van der Waals surface area contributed by atoms with Crippen LogP contribution in [-0.2, 0) is 6.54 Å². The van der Waals surface area contributed by atoms with Gasteiger partial charge in [0.05, 0.1) is 24.0 Å². The van der Waals surface area contributed by atoms with Crippen molar-refractivity contribution >= 4 is 46.9 Å². The third-order valence-electron chi connectivity index (χ3n) is 3.78. The zero-order valence-corrected chi connectivity index (χ0v) is 16.4. The number of pyridine rings is 1. The second kappa shape index (κ2) is 8.52. The standard InChI is InChI=1S/C18H14Cl3N5O/c1-11-13(9-23-24-18(27)12-5-7-22-8-6-12)17(21)26(25-11)10-14-15(19)3-2-4-16(14)20/h2-9H,10H2,1H3,(H,24,27)/b23-9+. The minimum absolute atomic E-state index is 0.315. The fraction of sp³-hybridized carbons (Fsp3) is 0.111. The summed E-state index contributed by atoms with van der Waals surface area (Å²) in [4.78, 5) is 15.9. The van der Waals surface area contributed by atoms with Gasteiger partial charge in [-0.25, -0.2) is 10.1 Å². The molecular weight excluding hydrogens is 409 g/mol. The molecule has 0 saturated carbocycles. The Balaban J connectivity index is 1.77. The van der Waals surface area contributed by atoms with Gasteiger partial charge in [-0.05, 0) is 31.2 Å². The van der Waals surface area contributed by atoms with Crippen LogP contribution < -0.4 is 5.43 Å². The molecule has 0 atom stereocenters. The van der Waals surface area contributed by atoms with E-state index in [0.29, 0.717) is 38.6 Å². The highest BCUT2D eigenvalue weighted by molar-refractivity contribution is 6.36. The van der Waals surface area contributed by atoms with Crippen LogP contribution in [0.1, 0.15) is 27.2 Å². The van der Waals surface area contributed by atoms with Gasteiger partial charge >= 0.3 is 0 Å². The van der Waals surface area contributed by atoms with Crippen LogP contribution in [0.25, 0.3) is 0 Å². The minimum Gasteiger partial charge on any atom is -0.267 e. The summed E-state index contributed by atoms with van der Waals surface area (Å²) >= 11 is 18.8. The normalized spacial score (nSPS) is 11.1. The number of benzene rings is 1. The lowest BCUT2D eigenvalue weighted by atomic mass is 10.2. The zero-order chi connectivity index (χ0) is 19.4. The largest absolute Gasteiger partial charge is 0.271 e. The Hall–Kier alpha value is -2.41. The quantitative estimate of drug-likeness (QED) is 0.490. The molecule has 3 rings (SSSR count). The fourth-order valence-electron chi connectivity index (χ4n) is 2.38. The van der Waals surface area contributed by atoms with Crippen molar-refractivity contribution in [3.05, 3.63) is 80.3 Å². The van der Waals surface area contributed by atoms with E-state index in [9.17, 15) is 4.79 Å². The highest BCUT2D eigenvalue weighted by Gasteiger charge is 2.15. The molecule has 0 saturated heterocycles. The van der Waals surface area contributed by atoms with Crippen LogP contribution >= 0.6 is 34.8 Å². The average Bonchev–Trinajstić information content (AvgIpc) is 2.93. The Morgan fingerprint density at radius 1 is 1.19 bits per heavy atom. The van der Waals surface area contributed by atoms with E-state index in [1.54, 1.807) is 41.9 Å². The van der Waals surface area contributed by atoms with E-state index in [0.717, 1.165) is 5.56 Å². The molecule has 0 aliphatic carbocycles. The van der Waals surface area contributed by atoms with Gasteiger partial charge in [0.15, 0.2) is 0 Å². The van der Waals surface area contributed by atoms with E-state index < -0.39 is 0 Å². The highest BCUT2D eigenvalue weighted by Crippen LogP contribution is 2.27. The van der Waals surface area contributed by atoms with Crippen LogP contribution in [0.15, 0.2) is 47.8 Å². The third-order valence-corrected chi connectivity index (χ3v) is 4.89. The number of aryl methyl sites for hydroxylation is 1. The van der Waals surface area contributed by atoms with E-state index in [1.165, 1.54) is 18.6 Å². The second-order valence-electron chi connectivity index (χ2n) is 5.58. The number of aromatic nitrogens is 3.